The van der Waals surface area contributed by atoms with E-state index in [1.165, 1.54) is 6.08 Å². The van der Waals surface area contributed by atoms with Gasteiger partial charge in [-0.2, -0.15) is 0 Å². The third-order valence-corrected chi connectivity index (χ3v) is 2.73. The molecule has 1 N–H and O–H groups in total. The van der Waals surface area contributed by atoms with Crippen molar-refractivity contribution in [3.63, 3.8) is 0 Å². The fourth-order valence-corrected chi connectivity index (χ4v) is 1.74. The Labute approximate surface area is 106 Å². The normalized spacial score (nSPS) is 11.3. The first-order valence-corrected chi connectivity index (χ1v) is 5.74. The molecule has 2 nitrogen and oxygen atoms in total. The lowest BCUT2D eigenvalue weighted by atomic mass is 10.0. The zero-order valence-electron chi connectivity index (χ0n) is 10.1. The van der Waals surface area contributed by atoms with Crippen molar-refractivity contribution in [3.8, 4) is 0 Å². The van der Waals surface area contributed by atoms with E-state index in [1.54, 1.807) is 12.1 Å². The number of carbonyl (C=O) groups excluding carboxylic acids is 1. The van der Waals surface area contributed by atoms with Crippen molar-refractivity contribution in [3.05, 3.63) is 77.0 Å². The van der Waals surface area contributed by atoms with Crippen LogP contribution in [0, 0.1) is 6.92 Å². The first-order valence-electron chi connectivity index (χ1n) is 5.74. The first kappa shape index (κ1) is 12.1. The number of hydrogen-bond acceptors (Lipinski definition) is 2. The Bertz CT molecular complexity index is 583. The molecule has 0 saturated heterocycles. The van der Waals surface area contributed by atoms with Crippen molar-refractivity contribution in [1.29, 1.82) is 0 Å². The van der Waals surface area contributed by atoms with Crippen molar-refractivity contribution in [2.24, 2.45) is 0 Å². The van der Waals surface area contributed by atoms with Crippen LogP contribution < -0.4 is 0 Å². The summed E-state index contributed by atoms with van der Waals surface area (Å²) >= 11 is 0. The molecule has 0 aromatic heterocycles. The van der Waals surface area contributed by atoms with E-state index < -0.39 is 0 Å². The van der Waals surface area contributed by atoms with E-state index in [-0.39, 0.29) is 11.5 Å². The second-order valence-corrected chi connectivity index (χ2v) is 4.08. The van der Waals surface area contributed by atoms with Gasteiger partial charge >= 0.3 is 0 Å². The van der Waals surface area contributed by atoms with E-state index in [2.05, 4.69) is 0 Å². The molecular weight excluding hydrogens is 224 g/mol. The van der Waals surface area contributed by atoms with Gasteiger partial charge in [0.05, 0.1) is 0 Å². The summed E-state index contributed by atoms with van der Waals surface area (Å²) < 4.78 is 0. The summed E-state index contributed by atoms with van der Waals surface area (Å²) in [6.07, 6.45) is 1.48. The standard InChI is InChI=1S/C16H14O2/c1-12-7-5-6-10-14(12)16(18)15(17)11-13-8-3-2-4-9-13/h2-11,17H,1H3/b15-11-. The highest BCUT2D eigenvalue weighted by atomic mass is 16.3. The number of allylic oxidation sites excluding steroid dienone is 1. The van der Waals surface area contributed by atoms with Crippen LogP contribution in [0.25, 0.3) is 6.08 Å². The average Bonchev–Trinajstić information content (AvgIpc) is 2.39. The van der Waals surface area contributed by atoms with Crippen LogP contribution in [0.15, 0.2) is 60.4 Å². The van der Waals surface area contributed by atoms with Gasteiger partial charge in [0.1, 0.15) is 0 Å². The van der Waals surface area contributed by atoms with E-state index in [0.29, 0.717) is 5.56 Å². The summed E-state index contributed by atoms with van der Waals surface area (Å²) in [7, 11) is 0. The van der Waals surface area contributed by atoms with Gasteiger partial charge in [-0.1, -0.05) is 54.6 Å². The lowest BCUT2D eigenvalue weighted by Crippen LogP contribution is -2.04. The van der Waals surface area contributed by atoms with E-state index in [9.17, 15) is 9.90 Å². The zero-order chi connectivity index (χ0) is 13.0. The number of aryl methyl sites for hydroxylation is 1. The van der Waals surface area contributed by atoms with Crippen LogP contribution in [0.1, 0.15) is 21.5 Å². The van der Waals surface area contributed by atoms with Crippen molar-refractivity contribution in [1.82, 2.24) is 0 Å². The van der Waals surface area contributed by atoms with Crippen molar-refractivity contribution < 1.29 is 9.90 Å². The van der Waals surface area contributed by atoms with Crippen LogP contribution in [0.4, 0.5) is 0 Å². The highest BCUT2D eigenvalue weighted by Crippen LogP contribution is 2.14. The molecule has 0 radical (unpaired) electrons. The molecule has 0 aliphatic carbocycles. The molecule has 0 aliphatic heterocycles. The number of rotatable bonds is 3. The molecule has 0 bridgehead atoms. The maximum Gasteiger partial charge on any atom is 0.227 e. The Balaban J connectivity index is 2.30. The minimum atomic E-state index is -0.350. The number of Topliss-reactive ketones (excluding diaryl/α,β-unsaturated/α-hetero) is 1. The molecule has 2 aromatic rings. The summed E-state index contributed by atoms with van der Waals surface area (Å²) in [4.78, 5) is 12.1. The quantitative estimate of drug-likeness (QED) is 0.502. The maximum absolute atomic E-state index is 12.1. The molecule has 0 atom stereocenters. The fourth-order valence-electron chi connectivity index (χ4n) is 1.74. The van der Waals surface area contributed by atoms with Crippen molar-refractivity contribution >= 4 is 11.9 Å². The third kappa shape index (κ3) is 2.66. The van der Waals surface area contributed by atoms with Gasteiger partial charge < -0.3 is 5.11 Å². The minimum Gasteiger partial charge on any atom is -0.504 e. The van der Waals surface area contributed by atoms with Crippen LogP contribution in [0.2, 0.25) is 0 Å². The largest absolute Gasteiger partial charge is 0.504 e. The molecule has 2 aromatic carbocycles. The molecule has 2 heteroatoms. The summed E-state index contributed by atoms with van der Waals surface area (Å²) in [5, 5.41) is 9.86. The molecule has 0 heterocycles. The van der Waals surface area contributed by atoms with Crippen LogP contribution in [0.3, 0.4) is 0 Å². The number of carbonyl (C=O) groups is 1. The monoisotopic (exact) mass is 238 g/mol. The molecule has 0 saturated carbocycles. The Hall–Kier alpha value is -2.35. The molecule has 0 unspecified atom stereocenters. The fraction of sp³-hybridized carbons (Fsp3) is 0.0625. The van der Waals surface area contributed by atoms with Crippen LogP contribution in [0.5, 0.6) is 0 Å². The molecule has 2 rings (SSSR count). The second kappa shape index (κ2) is 5.32. The van der Waals surface area contributed by atoms with Gasteiger partial charge in [0, 0.05) is 5.56 Å². The molecule has 0 amide bonds. The Morgan fingerprint density at radius 2 is 1.61 bits per heavy atom. The van der Waals surface area contributed by atoms with Crippen LogP contribution in [-0.4, -0.2) is 10.9 Å². The van der Waals surface area contributed by atoms with Crippen molar-refractivity contribution in [2.75, 3.05) is 0 Å². The van der Waals surface area contributed by atoms with Gasteiger partial charge in [-0.05, 0) is 24.1 Å². The maximum atomic E-state index is 12.1. The van der Waals surface area contributed by atoms with Gasteiger partial charge in [-0.3, -0.25) is 4.79 Å². The third-order valence-electron chi connectivity index (χ3n) is 2.73. The summed E-state index contributed by atoms with van der Waals surface area (Å²) in [6, 6.07) is 16.5. The first-order chi connectivity index (χ1) is 8.68. The summed E-state index contributed by atoms with van der Waals surface area (Å²) in [6.45, 7) is 1.85. The molecule has 0 aliphatic rings. The minimum absolute atomic E-state index is 0.240. The Morgan fingerprint density at radius 1 is 1.00 bits per heavy atom. The van der Waals surface area contributed by atoms with Crippen molar-refractivity contribution in [2.45, 2.75) is 6.92 Å². The summed E-state index contributed by atoms with van der Waals surface area (Å²) in [5.41, 5.74) is 2.19. The number of aliphatic hydroxyl groups excluding tert-OH is 1. The highest BCUT2D eigenvalue weighted by Gasteiger charge is 2.12. The number of ketones is 1. The average molecular weight is 238 g/mol. The SMILES string of the molecule is Cc1ccccc1C(=O)/C(O)=C/c1ccccc1. The van der Waals surface area contributed by atoms with Gasteiger partial charge in [-0.15, -0.1) is 0 Å². The zero-order valence-corrected chi connectivity index (χ0v) is 10.1. The summed E-state index contributed by atoms with van der Waals surface area (Å²) in [5.74, 6) is -0.590. The van der Waals surface area contributed by atoms with Gasteiger partial charge in [-0.25, -0.2) is 0 Å². The van der Waals surface area contributed by atoms with E-state index in [1.807, 2.05) is 49.4 Å². The Morgan fingerprint density at radius 3 is 2.28 bits per heavy atom. The molecule has 0 spiro atoms. The molecular formula is C16H14O2. The van der Waals surface area contributed by atoms with E-state index in [4.69, 9.17) is 0 Å². The smallest absolute Gasteiger partial charge is 0.227 e. The predicted molar refractivity (Wildman–Crippen MR) is 72.6 cm³/mol. The predicted octanol–water partition coefficient (Wildman–Crippen LogP) is 3.78. The number of aliphatic hydroxyl groups is 1. The second-order valence-electron chi connectivity index (χ2n) is 4.08. The van der Waals surface area contributed by atoms with E-state index in [0.717, 1.165) is 11.1 Å². The number of hydrogen-bond donors (Lipinski definition) is 1. The Kier molecular flexibility index (Phi) is 3.58. The molecule has 90 valence electrons. The van der Waals surface area contributed by atoms with Crippen LogP contribution in [-0.2, 0) is 0 Å². The lowest BCUT2D eigenvalue weighted by molar-refractivity contribution is 0.0980. The molecule has 0 fully saturated rings. The van der Waals surface area contributed by atoms with Gasteiger partial charge in [0.15, 0.2) is 5.76 Å². The van der Waals surface area contributed by atoms with Crippen LogP contribution >= 0.6 is 0 Å². The molecule has 18 heavy (non-hydrogen) atoms. The number of benzene rings is 2. The topological polar surface area (TPSA) is 37.3 Å². The van der Waals surface area contributed by atoms with E-state index >= 15 is 0 Å². The van der Waals surface area contributed by atoms with Gasteiger partial charge in [0.25, 0.3) is 0 Å². The van der Waals surface area contributed by atoms with Gasteiger partial charge in [0.2, 0.25) is 5.78 Å². The lowest BCUT2D eigenvalue weighted by Gasteiger charge is -2.03. The highest BCUT2D eigenvalue weighted by molar-refractivity contribution is 6.10.